The fourth-order valence-corrected chi connectivity index (χ4v) is 2.14. The van der Waals surface area contributed by atoms with Crippen molar-refractivity contribution in [3.8, 4) is 6.07 Å². The van der Waals surface area contributed by atoms with E-state index >= 15 is 0 Å². The van der Waals surface area contributed by atoms with Crippen molar-refractivity contribution in [1.29, 1.82) is 5.26 Å². The number of halogens is 1. The fourth-order valence-electron chi connectivity index (χ4n) is 1.94. The summed E-state index contributed by atoms with van der Waals surface area (Å²) in [6.45, 7) is 5.41. The molecule has 0 aliphatic heterocycles. The van der Waals surface area contributed by atoms with Gasteiger partial charge in [0.1, 0.15) is 16.8 Å². The van der Waals surface area contributed by atoms with Crippen LogP contribution in [0.3, 0.4) is 0 Å². The minimum atomic E-state index is -0.669. The molecular weight excluding hydrogens is 300 g/mol. The van der Waals surface area contributed by atoms with Gasteiger partial charge in [-0.25, -0.2) is 9.78 Å². The quantitative estimate of drug-likeness (QED) is 0.371. The van der Waals surface area contributed by atoms with Gasteiger partial charge in [0.2, 0.25) is 0 Å². The lowest BCUT2D eigenvalue weighted by Crippen LogP contribution is -2.12. The van der Waals surface area contributed by atoms with Crippen LogP contribution in [0.5, 0.6) is 0 Å². The predicted octanol–water partition coefficient (Wildman–Crippen LogP) is 4.06. The summed E-state index contributed by atoms with van der Waals surface area (Å²) in [5.74, 6) is -0.669. The van der Waals surface area contributed by atoms with Crippen LogP contribution >= 0.6 is 11.6 Å². The van der Waals surface area contributed by atoms with Gasteiger partial charge in [-0.2, -0.15) is 5.26 Å². The number of esters is 1. The van der Waals surface area contributed by atoms with Crippen molar-refractivity contribution in [2.75, 3.05) is 0 Å². The molecule has 0 saturated carbocycles. The Hall–Kier alpha value is -2.38. The molecule has 1 aromatic carbocycles. The molecule has 0 fully saturated rings. The third-order valence-electron chi connectivity index (χ3n) is 2.94. The number of nitrogens with zero attached hydrogens (tertiary/aromatic N) is 2. The van der Waals surface area contributed by atoms with Crippen LogP contribution in [-0.2, 0) is 9.53 Å². The van der Waals surface area contributed by atoms with Crippen LogP contribution in [0.4, 0.5) is 0 Å². The first kappa shape index (κ1) is 16.0. The minimum absolute atomic E-state index is 0.108. The molecule has 0 bridgehead atoms. The third kappa shape index (κ3) is 3.63. The average molecular weight is 315 g/mol. The summed E-state index contributed by atoms with van der Waals surface area (Å²) >= 11 is 6.15. The minimum Gasteiger partial charge on any atom is -0.459 e. The highest BCUT2D eigenvalue weighted by molar-refractivity contribution is 6.31. The molecule has 0 atom stereocenters. The highest BCUT2D eigenvalue weighted by Crippen LogP contribution is 2.23. The van der Waals surface area contributed by atoms with Crippen LogP contribution in [0.25, 0.3) is 17.0 Å². The van der Waals surface area contributed by atoms with E-state index in [1.54, 1.807) is 19.9 Å². The molecule has 4 nitrogen and oxygen atoms in total. The molecule has 5 heteroatoms. The summed E-state index contributed by atoms with van der Waals surface area (Å²) < 4.78 is 5.03. The van der Waals surface area contributed by atoms with Gasteiger partial charge in [-0.1, -0.05) is 23.7 Å². The maximum absolute atomic E-state index is 11.8. The number of benzene rings is 1. The van der Waals surface area contributed by atoms with E-state index in [0.717, 1.165) is 16.5 Å². The molecule has 0 amide bonds. The molecule has 0 unspecified atom stereocenters. The summed E-state index contributed by atoms with van der Waals surface area (Å²) in [5.41, 5.74) is 2.25. The Morgan fingerprint density at radius 3 is 2.77 bits per heavy atom. The lowest BCUT2D eigenvalue weighted by Gasteiger charge is -2.07. The first-order valence-corrected chi connectivity index (χ1v) is 7.18. The summed E-state index contributed by atoms with van der Waals surface area (Å²) in [5, 5.41) is 10.3. The third-order valence-corrected chi connectivity index (χ3v) is 3.24. The number of aromatic nitrogens is 1. The zero-order valence-corrected chi connectivity index (χ0v) is 13.3. The first-order chi connectivity index (χ1) is 10.4. The van der Waals surface area contributed by atoms with E-state index in [1.807, 2.05) is 31.2 Å². The van der Waals surface area contributed by atoms with Gasteiger partial charge in [0.15, 0.2) is 0 Å². The highest BCUT2D eigenvalue weighted by Gasteiger charge is 2.14. The van der Waals surface area contributed by atoms with Crippen molar-refractivity contribution >= 4 is 34.5 Å². The molecule has 2 aromatic rings. The van der Waals surface area contributed by atoms with Gasteiger partial charge in [0, 0.05) is 10.9 Å². The largest absolute Gasteiger partial charge is 0.459 e. The lowest BCUT2D eigenvalue weighted by molar-refractivity contribution is -0.142. The lowest BCUT2D eigenvalue weighted by atomic mass is 10.1. The van der Waals surface area contributed by atoms with Crippen LogP contribution in [0.2, 0.25) is 5.15 Å². The van der Waals surface area contributed by atoms with Crippen LogP contribution < -0.4 is 0 Å². The van der Waals surface area contributed by atoms with Crippen molar-refractivity contribution < 1.29 is 9.53 Å². The van der Waals surface area contributed by atoms with E-state index in [-0.39, 0.29) is 16.8 Å². The predicted molar refractivity (Wildman–Crippen MR) is 86.3 cm³/mol. The summed E-state index contributed by atoms with van der Waals surface area (Å²) in [6.07, 6.45) is 1.11. The zero-order valence-electron chi connectivity index (χ0n) is 12.6. The second kappa shape index (κ2) is 6.59. The van der Waals surface area contributed by atoms with E-state index in [4.69, 9.17) is 21.6 Å². The standard InChI is InChI=1S/C17H15ClN2O2/c1-10(2)22-17(21)14(9-19)8-13-7-12-5-4-11(3)6-15(12)20-16(13)18/h4-8,10H,1-3H3/b14-8+. The molecule has 0 radical (unpaired) electrons. The average Bonchev–Trinajstić information content (AvgIpc) is 2.44. The fraction of sp³-hybridized carbons (Fsp3) is 0.235. The number of hydrogen-bond donors (Lipinski definition) is 0. The van der Waals surface area contributed by atoms with Gasteiger partial charge in [0.25, 0.3) is 0 Å². The zero-order chi connectivity index (χ0) is 16.3. The Bertz CT molecular complexity index is 804. The van der Waals surface area contributed by atoms with E-state index in [0.29, 0.717) is 5.56 Å². The topological polar surface area (TPSA) is 63.0 Å². The van der Waals surface area contributed by atoms with Gasteiger partial charge in [-0.15, -0.1) is 0 Å². The van der Waals surface area contributed by atoms with Gasteiger partial charge in [0.05, 0.1) is 11.6 Å². The molecule has 22 heavy (non-hydrogen) atoms. The van der Waals surface area contributed by atoms with Crippen molar-refractivity contribution in [3.63, 3.8) is 0 Å². The van der Waals surface area contributed by atoms with Crippen LogP contribution in [0.1, 0.15) is 25.0 Å². The normalized spacial score (nSPS) is 11.5. The van der Waals surface area contributed by atoms with E-state index < -0.39 is 5.97 Å². The monoisotopic (exact) mass is 314 g/mol. The SMILES string of the molecule is Cc1ccc2cc(/C=C(\C#N)C(=O)OC(C)C)c(Cl)nc2c1. The summed E-state index contributed by atoms with van der Waals surface area (Å²) in [6, 6.07) is 9.44. The van der Waals surface area contributed by atoms with Crippen molar-refractivity contribution in [1.82, 2.24) is 4.98 Å². The Balaban J connectivity index is 2.47. The maximum Gasteiger partial charge on any atom is 0.349 e. The molecule has 0 N–H and O–H groups in total. The molecule has 1 heterocycles. The summed E-state index contributed by atoms with van der Waals surface area (Å²) in [4.78, 5) is 16.1. The number of hydrogen-bond acceptors (Lipinski definition) is 4. The van der Waals surface area contributed by atoms with E-state index in [1.165, 1.54) is 6.08 Å². The van der Waals surface area contributed by atoms with Gasteiger partial charge in [-0.3, -0.25) is 0 Å². The molecule has 112 valence electrons. The van der Waals surface area contributed by atoms with Gasteiger partial charge >= 0.3 is 5.97 Å². The number of nitriles is 1. The number of carbonyl (C=O) groups is 1. The van der Waals surface area contributed by atoms with Crippen LogP contribution in [-0.4, -0.2) is 17.1 Å². The number of ether oxygens (including phenoxy) is 1. The maximum atomic E-state index is 11.8. The number of carbonyl (C=O) groups excluding carboxylic acids is 1. The number of fused-ring (bicyclic) bond motifs is 1. The van der Waals surface area contributed by atoms with Crippen molar-refractivity contribution in [3.05, 3.63) is 46.1 Å². The molecular formula is C17H15ClN2O2. The summed E-state index contributed by atoms with van der Waals surface area (Å²) in [7, 11) is 0. The molecule has 2 rings (SSSR count). The van der Waals surface area contributed by atoms with Crippen molar-refractivity contribution in [2.24, 2.45) is 0 Å². The Morgan fingerprint density at radius 1 is 1.41 bits per heavy atom. The Morgan fingerprint density at radius 2 is 2.14 bits per heavy atom. The van der Waals surface area contributed by atoms with E-state index in [9.17, 15) is 4.79 Å². The second-order valence-corrected chi connectivity index (χ2v) is 5.55. The highest BCUT2D eigenvalue weighted by atomic mass is 35.5. The van der Waals surface area contributed by atoms with Gasteiger partial charge < -0.3 is 4.74 Å². The van der Waals surface area contributed by atoms with Crippen LogP contribution in [0, 0.1) is 18.3 Å². The Labute approximate surface area is 134 Å². The molecule has 0 aliphatic carbocycles. The number of rotatable bonds is 3. The molecule has 0 saturated heterocycles. The first-order valence-electron chi connectivity index (χ1n) is 6.80. The Kier molecular flexibility index (Phi) is 4.79. The molecule has 0 spiro atoms. The smallest absolute Gasteiger partial charge is 0.349 e. The van der Waals surface area contributed by atoms with Gasteiger partial charge in [-0.05, 0) is 44.5 Å². The molecule has 0 aliphatic rings. The van der Waals surface area contributed by atoms with Crippen molar-refractivity contribution in [2.45, 2.75) is 26.9 Å². The van der Waals surface area contributed by atoms with E-state index in [2.05, 4.69) is 4.98 Å². The number of pyridine rings is 1. The van der Waals surface area contributed by atoms with Crippen LogP contribution in [0.15, 0.2) is 29.8 Å². The molecule has 1 aromatic heterocycles. The second-order valence-electron chi connectivity index (χ2n) is 5.19. The number of aryl methyl sites for hydroxylation is 1.